The number of Topliss-reactive ketones (excluding diaryl/α,β-unsaturated/α-hetero) is 1. The average molecular weight is 248 g/mol. The second-order valence-corrected chi connectivity index (χ2v) is 4.62. The lowest BCUT2D eigenvalue weighted by atomic mass is 10.0. The van der Waals surface area contributed by atoms with Crippen LogP contribution in [0.5, 0.6) is 5.75 Å². The van der Waals surface area contributed by atoms with Crippen molar-refractivity contribution in [1.82, 2.24) is 0 Å². The van der Waals surface area contributed by atoms with Crippen LogP contribution in [0.1, 0.15) is 25.7 Å². The van der Waals surface area contributed by atoms with Crippen LogP contribution >= 0.6 is 0 Å². The lowest BCUT2D eigenvalue weighted by molar-refractivity contribution is -0.121. The molecule has 1 unspecified atom stereocenters. The zero-order valence-electron chi connectivity index (χ0n) is 10.6. The van der Waals surface area contributed by atoms with Crippen molar-refractivity contribution in [3.8, 4) is 5.75 Å². The molecule has 0 saturated heterocycles. The number of benzene rings is 1. The van der Waals surface area contributed by atoms with Gasteiger partial charge in [0.25, 0.3) is 0 Å². The minimum Gasteiger partial charge on any atom is -0.491 e. The molecular formula is C15H20O3. The highest BCUT2D eigenvalue weighted by molar-refractivity contribution is 5.82. The zero-order valence-corrected chi connectivity index (χ0v) is 10.6. The molecule has 1 saturated carbocycles. The van der Waals surface area contributed by atoms with Crippen molar-refractivity contribution in [3.63, 3.8) is 0 Å². The summed E-state index contributed by atoms with van der Waals surface area (Å²) in [4.78, 5) is 11.4. The topological polar surface area (TPSA) is 35.5 Å². The molecule has 0 spiro atoms. The van der Waals surface area contributed by atoms with Gasteiger partial charge in [-0.05, 0) is 31.4 Å². The Morgan fingerprint density at radius 3 is 2.67 bits per heavy atom. The first-order chi connectivity index (χ1) is 8.86. The molecular weight excluding hydrogens is 228 g/mol. The number of ketones is 1. The van der Waals surface area contributed by atoms with E-state index in [2.05, 4.69) is 0 Å². The summed E-state index contributed by atoms with van der Waals surface area (Å²) in [5.41, 5.74) is 0. The van der Waals surface area contributed by atoms with Gasteiger partial charge in [-0.1, -0.05) is 18.2 Å². The molecule has 0 aliphatic heterocycles. The van der Waals surface area contributed by atoms with E-state index in [-0.39, 0.29) is 5.92 Å². The summed E-state index contributed by atoms with van der Waals surface area (Å²) in [6.45, 7) is 1.80. The maximum absolute atomic E-state index is 11.4. The second-order valence-electron chi connectivity index (χ2n) is 4.62. The number of para-hydroxylation sites is 1. The lowest BCUT2D eigenvalue weighted by Crippen LogP contribution is -2.12. The SMILES string of the molecule is O=C1CCCC1CCOCCOc1ccccc1. The fraction of sp³-hybridized carbons (Fsp3) is 0.533. The fourth-order valence-corrected chi connectivity index (χ4v) is 2.26. The van der Waals surface area contributed by atoms with E-state index in [4.69, 9.17) is 9.47 Å². The van der Waals surface area contributed by atoms with E-state index in [1.807, 2.05) is 30.3 Å². The van der Waals surface area contributed by atoms with Crippen molar-refractivity contribution < 1.29 is 14.3 Å². The van der Waals surface area contributed by atoms with Gasteiger partial charge in [-0.3, -0.25) is 4.79 Å². The molecule has 3 nitrogen and oxygen atoms in total. The maximum Gasteiger partial charge on any atom is 0.136 e. The van der Waals surface area contributed by atoms with Crippen LogP contribution in [-0.4, -0.2) is 25.6 Å². The fourth-order valence-electron chi connectivity index (χ4n) is 2.26. The Bertz CT molecular complexity index is 361. The standard InChI is InChI=1S/C15H20O3/c16-15-8-4-5-13(15)9-10-17-11-12-18-14-6-2-1-3-7-14/h1-3,6-7,13H,4-5,8-12H2. The summed E-state index contributed by atoms with van der Waals surface area (Å²) in [6.07, 6.45) is 3.73. The molecule has 3 heteroatoms. The number of hydrogen-bond donors (Lipinski definition) is 0. The molecule has 0 radical (unpaired) electrons. The Morgan fingerprint density at radius 1 is 1.11 bits per heavy atom. The largest absolute Gasteiger partial charge is 0.491 e. The Morgan fingerprint density at radius 2 is 1.94 bits per heavy atom. The molecule has 1 aliphatic rings. The van der Waals surface area contributed by atoms with Crippen molar-refractivity contribution in [2.75, 3.05) is 19.8 Å². The number of carbonyl (C=O) groups is 1. The lowest BCUT2D eigenvalue weighted by Gasteiger charge is -2.09. The number of carbonyl (C=O) groups excluding carboxylic acids is 1. The van der Waals surface area contributed by atoms with E-state index < -0.39 is 0 Å². The van der Waals surface area contributed by atoms with Crippen LogP contribution in [-0.2, 0) is 9.53 Å². The summed E-state index contributed by atoms with van der Waals surface area (Å²) in [5, 5.41) is 0. The first-order valence-electron chi connectivity index (χ1n) is 6.64. The monoisotopic (exact) mass is 248 g/mol. The summed E-state index contributed by atoms with van der Waals surface area (Å²) >= 11 is 0. The molecule has 1 aromatic rings. The molecule has 1 atom stereocenters. The van der Waals surface area contributed by atoms with Gasteiger partial charge in [0.1, 0.15) is 18.1 Å². The number of ether oxygens (including phenoxy) is 2. The quantitative estimate of drug-likeness (QED) is 0.696. The van der Waals surface area contributed by atoms with Gasteiger partial charge in [0.2, 0.25) is 0 Å². The van der Waals surface area contributed by atoms with E-state index in [0.717, 1.165) is 31.4 Å². The van der Waals surface area contributed by atoms with Crippen molar-refractivity contribution >= 4 is 5.78 Å². The maximum atomic E-state index is 11.4. The van der Waals surface area contributed by atoms with Gasteiger partial charge in [0, 0.05) is 18.9 Å². The van der Waals surface area contributed by atoms with Crippen LogP contribution in [0.15, 0.2) is 30.3 Å². The molecule has 0 heterocycles. The molecule has 1 fully saturated rings. The number of hydrogen-bond acceptors (Lipinski definition) is 3. The van der Waals surface area contributed by atoms with Crippen molar-refractivity contribution in [2.24, 2.45) is 5.92 Å². The van der Waals surface area contributed by atoms with Crippen molar-refractivity contribution in [2.45, 2.75) is 25.7 Å². The van der Waals surface area contributed by atoms with E-state index in [9.17, 15) is 4.79 Å². The Labute approximate surface area is 108 Å². The van der Waals surface area contributed by atoms with Crippen LogP contribution in [0.3, 0.4) is 0 Å². The highest BCUT2D eigenvalue weighted by Crippen LogP contribution is 2.23. The molecule has 0 bridgehead atoms. The van der Waals surface area contributed by atoms with Crippen molar-refractivity contribution in [1.29, 1.82) is 0 Å². The first-order valence-corrected chi connectivity index (χ1v) is 6.64. The van der Waals surface area contributed by atoms with Gasteiger partial charge in [-0.25, -0.2) is 0 Å². The first kappa shape index (κ1) is 13.1. The van der Waals surface area contributed by atoms with Gasteiger partial charge >= 0.3 is 0 Å². The van der Waals surface area contributed by atoms with Crippen molar-refractivity contribution in [3.05, 3.63) is 30.3 Å². The van der Waals surface area contributed by atoms with Crippen LogP contribution in [0, 0.1) is 5.92 Å². The molecule has 1 aliphatic carbocycles. The number of rotatable bonds is 7. The van der Waals surface area contributed by atoms with Crippen LogP contribution in [0.4, 0.5) is 0 Å². The summed E-state index contributed by atoms with van der Waals surface area (Å²) in [6, 6.07) is 9.71. The van der Waals surface area contributed by atoms with Gasteiger partial charge in [0.15, 0.2) is 0 Å². The molecule has 0 N–H and O–H groups in total. The van der Waals surface area contributed by atoms with E-state index in [1.165, 1.54) is 0 Å². The van der Waals surface area contributed by atoms with Gasteiger partial charge in [-0.15, -0.1) is 0 Å². The molecule has 2 rings (SSSR count). The summed E-state index contributed by atoms with van der Waals surface area (Å²) in [7, 11) is 0. The predicted octanol–water partition coefficient (Wildman–Crippen LogP) is 2.84. The van der Waals surface area contributed by atoms with Crippen LogP contribution < -0.4 is 4.74 Å². The highest BCUT2D eigenvalue weighted by atomic mass is 16.5. The van der Waals surface area contributed by atoms with Gasteiger partial charge < -0.3 is 9.47 Å². The van der Waals surface area contributed by atoms with Gasteiger partial charge in [-0.2, -0.15) is 0 Å². The Hall–Kier alpha value is -1.35. The minimum atomic E-state index is 0.250. The third kappa shape index (κ3) is 4.15. The third-order valence-electron chi connectivity index (χ3n) is 3.28. The second kappa shape index (κ2) is 7.17. The summed E-state index contributed by atoms with van der Waals surface area (Å²) in [5.74, 6) is 1.53. The van der Waals surface area contributed by atoms with Crippen LogP contribution in [0.2, 0.25) is 0 Å². The van der Waals surface area contributed by atoms with Crippen LogP contribution in [0.25, 0.3) is 0 Å². The minimum absolute atomic E-state index is 0.250. The molecule has 18 heavy (non-hydrogen) atoms. The molecule has 1 aromatic carbocycles. The predicted molar refractivity (Wildman–Crippen MR) is 69.7 cm³/mol. The van der Waals surface area contributed by atoms with E-state index >= 15 is 0 Å². The molecule has 0 amide bonds. The Balaban J connectivity index is 1.50. The Kier molecular flexibility index (Phi) is 5.21. The van der Waals surface area contributed by atoms with Gasteiger partial charge in [0.05, 0.1) is 6.61 Å². The highest BCUT2D eigenvalue weighted by Gasteiger charge is 2.23. The molecule has 98 valence electrons. The van der Waals surface area contributed by atoms with E-state index in [1.54, 1.807) is 0 Å². The van der Waals surface area contributed by atoms with E-state index in [0.29, 0.717) is 25.6 Å². The zero-order chi connectivity index (χ0) is 12.6. The third-order valence-corrected chi connectivity index (χ3v) is 3.28. The normalized spacial score (nSPS) is 19.1. The summed E-state index contributed by atoms with van der Waals surface area (Å²) < 4.78 is 11.0. The average Bonchev–Trinajstić information content (AvgIpc) is 2.81. The smallest absolute Gasteiger partial charge is 0.136 e. The molecule has 0 aromatic heterocycles.